The van der Waals surface area contributed by atoms with Crippen LogP contribution in [0.3, 0.4) is 0 Å². The summed E-state index contributed by atoms with van der Waals surface area (Å²) in [6, 6.07) is 7.19. The topological polar surface area (TPSA) is 74.7 Å². The van der Waals surface area contributed by atoms with E-state index >= 15 is 0 Å². The molecule has 3 rings (SSSR count). The third kappa shape index (κ3) is 2.53. The van der Waals surface area contributed by atoms with Gasteiger partial charge in [0.15, 0.2) is 0 Å². The van der Waals surface area contributed by atoms with Gasteiger partial charge in [-0.1, -0.05) is 18.2 Å². The Kier molecular flexibility index (Phi) is 3.96. The second-order valence-corrected chi connectivity index (χ2v) is 8.40. The van der Waals surface area contributed by atoms with Crippen LogP contribution in [0, 0.1) is 5.92 Å². The van der Waals surface area contributed by atoms with Crippen LogP contribution in [0.4, 0.5) is 0 Å². The SMILES string of the molecule is CC1CCC(C(=O)O)CN1S(=O)(=O)c1csc2ccccc12. The highest BCUT2D eigenvalue weighted by atomic mass is 32.2. The summed E-state index contributed by atoms with van der Waals surface area (Å²) < 4.78 is 28.2. The molecule has 0 radical (unpaired) electrons. The molecule has 2 aromatic rings. The number of carboxylic acids is 1. The highest BCUT2D eigenvalue weighted by Gasteiger charge is 2.38. The number of carboxylic acid groups (broad SMARTS) is 1. The van der Waals surface area contributed by atoms with Gasteiger partial charge in [0.25, 0.3) is 0 Å². The largest absolute Gasteiger partial charge is 0.481 e. The second kappa shape index (κ2) is 5.64. The maximum Gasteiger partial charge on any atom is 0.307 e. The Morgan fingerprint density at radius 1 is 1.32 bits per heavy atom. The van der Waals surface area contributed by atoms with E-state index in [0.29, 0.717) is 18.2 Å². The summed E-state index contributed by atoms with van der Waals surface area (Å²) >= 11 is 1.39. The number of fused-ring (bicyclic) bond motifs is 1. The molecule has 22 heavy (non-hydrogen) atoms. The predicted molar refractivity (Wildman–Crippen MR) is 85.5 cm³/mol. The highest BCUT2D eigenvalue weighted by Crippen LogP contribution is 2.34. The van der Waals surface area contributed by atoms with Crippen molar-refractivity contribution in [3.8, 4) is 0 Å². The molecule has 118 valence electrons. The van der Waals surface area contributed by atoms with Gasteiger partial charge < -0.3 is 5.11 Å². The van der Waals surface area contributed by atoms with Crippen LogP contribution in [0.15, 0.2) is 34.5 Å². The predicted octanol–water partition coefficient (Wildman–Crippen LogP) is 2.78. The third-order valence-corrected chi connectivity index (χ3v) is 7.34. The fourth-order valence-electron chi connectivity index (χ4n) is 2.89. The minimum atomic E-state index is -3.68. The molecule has 0 spiro atoms. The van der Waals surface area contributed by atoms with Crippen molar-refractivity contribution in [2.45, 2.75) is 30.7 Å². The molecular weight excluding hydrogens is 322 g/mol. The van der Waals surface area contributed by atoms with E-state index in [1.54, 1.807) is 11.4 Å². The number of thiophene rings is 1. The van der Waals surface area contributed by atoms with Gasteiger partial charge in [0, 0.05) is 28.1 Å². The molecule has 1 N–H and O–H groups in total. The number of nitrogens with zero attached hydrogens (tertiary/aromatic N) is 1. The lowest BCUT2D eigenvalue weighted by molar-refractivity contribution is -0.143. The van der Waals surface area contributed by atoms with Gasteiger partial charge in [-0.05, 0) is 25.8 Å². The number of piperidine rings is 1. The molecule has 7 heteroatoms. The third-order valence-electron chi connectivity index (χ3n) is 4.21. The van der Waals surface area contributed by atoms with Gasteiger partial charge in [-0.15, -0.1) is 11.3 Å². The van der Waals surface area contributed by atoms with Crippen molar-refractivity contribution in [3.05, 3.63) is 29.6 Å². The Morgan fingerprint density at radius 2 is 2.05 bits per heavy atom. The molecule has 5 nitrogen and oxygen atoms in total. The molecular formula is C15H17NO4S2. The molecule has 1 aromatic carbocycles. The van der Waals surface area contributed by atoms with Crippen molar-refractivity contribution in [1.29, 1.82) is 0 Å². The monoisotopic (exact) mass is 339 g/mol. The first kappa shape index (κ1) is 15.5. The van der Waals surface area contributed by atoms with Crippen molar-refractivity contribution in [2.24, 2.45) is 5.92 Å². The maximum absolute atomic E-state index is 13.0. The zero-order valence-corrected chi connectivity index (χ0v) is 13.7. The summed E-state index contributed by atoms with van der Waals surface area (Å²) in [6.45, 7) is 1.88. The van der Waals surface area contributed by atoms with Crippen molar-refractivity contribution < 1.29 is 18.3 Å². The Balaban J connectivity index is 2.03. The lowest BCUT2D eigenvalue weighted by Gasteiger charge is -2.35. The van der Waals surface area contributed by atoms with Crippen molar-refractivity contribution in [2.75, 3.05) is 6.54 Å². The first-order valence-corrected chi connectivity index (χ1v) is 9.44. The summed E-state index contributed by atoms with van der Waals surface area (Å²) in [5, 5.41) is 11.5. The first-order valence-electron chi connectivity index (χ1n) is 7.12. The fraction of sp³-hybridized carbons (Fsp3) is 0.400. The molecule has 2 heterocycles. The van der Waals surface area contributed by atoms with Gasteiger partial charge >= 0.3 is 5.97 Å². The molecule has 1 aliphatic heterocycles. The lowest BCUT2D eigenvalue weighted by atomic mass is 9.96. The molecule has 0 bridgehead atoms. The van der Waals surface area contributed by atoms with E-state index in [9.17, 15) is 18.3 Å². The van der Waals surface area contributed by atoms with E-state index in [-0.39, 0.29) is 17.5 Å². The Labute approximate surface area is 133 Å². The summed E-state index contributed by atoms with van der Waals surface area (Å²) in [7, 11) is -3.68. The van der Waals surface area contributed by atoms with E-state index in [0.717, 1.165) is 4.70 Å². The Hall–Kier alpha value is -1.44. The average molecular weight is 339 g/mol. The van der Waals surface area contributed by atoms with Gasteiger partial charge in [-0.25, -0.2) is 8.42 Å². The van der Waals surface area contributed by atoms with E-state index < -0.39 is 21.9 Å². The van der Waals surface area contributed by atoms with Crippen molar-refractivity contribution in [3.63, 3.8) is 0 Å². The Bertz CT molecular complexity index is 812. The fourth-order valence-corrected chi connectivity index (χ4v) is 6.07. The summed E-state index contributed by atoms with van der Waals surface area (Å²) in [6.07, 6.45) is 1.09. The molecule has 2 unspecified atom stereocenters. The van der Waals surface area contributed by atoms with Crippen LogP contribution < -0.4 is 0 Å². The first-order chi connectivity index (χ1) is 10.4. The molecule has 2 atom stereocenters. The van der Waals surface area contributed by atoms with Crippen molar-refractivity contribution >= 4 is 37.4 Å². The van der Waals surface area contributed by atoms with Crippen LogP contribution in [-0.4, -0.2) is 36.4 Å². The highest BCUT2D eigenvalue weighted by molar-refractivity contribution is 7.89. The number of hydrogen-bond acceptors (Lipinski definition) is 4. The zero-order valence-electron chi connectivity index (χ0n) is 12.1. The van der Waals surface area contributed by atoms with E-state index in [4.69, 9.17) is 0 Å². The molecule has 0 saturated carbocycles. The van der Waals surface area contributed by atoms with Crippen molar-refractivity contribution in [1.82, 2.24) is 4.31 Å². The van der Waals surface area contributed by atoms with E-state index in [1.165, 1.54) is 15.6 Å². The second-order valence-electron chi connectivity index (χ2n) is 5.63. The van der Waals surface area contributed by atoms with Gasteiger partial charge in [-0.2, -0.15) is 4.31 Å². The van der Waals surface area contributed by atoms with Gasteiger partial charge in [-0.3, -0.25) is 4.79 Å². The van der Waals surface area contributed by atoms with Crippen LogP contribution in [0.1, 0.15) is 19.8 Å². The number of benzene rings is 1. The number of carbonyl (C=O) groups is 1. The summed E-state index contributed by atoms with van der Waals surface area (Å²) in [5.74, 6) is -1.56. The number of rotatable bonds is 3. The normalized spacial score (nSPS) is 23.7. The van der Waals surface area contributed by atoms with Gasteiger partial charge in [0.2, 0.25) is 10.0 Å². The molecule has 1 aliphatic rings. The molecule has 0 aliphatic carbocycles. The Morgan fingerprint density at radius 3 is 2.77 bits per heavy atom. The standard InChI is InChI=1S/C15H17NO4S2/c1-10-6-7-11(15(17)18)8-16(10)22(19,20)14-9-21-13-5-3-2-4-12(13)14/h2-5,9-11H,6-8H2,1H3,(H,17,18). The van der Waals surface area contributed by atoms with E-state index in [2.05, 4.69) is 0 Å². The van der Waals surface area contributed by atoms with E-state index in [1.807, 2.05) is 25.1 Å². The van der Waals surface area contributed by atoms with Crippen LogP contribution in [0.5, 0.6) is 0 Å². The number of aliphatic carboxylic acids is 1. The minimum absolute atomic E-state index is 0.0446. The minimum Gasteiger partial charge on any atom is -0.481 e. The van der Waals surface area contributed by atoms with Gasteiger partial charge in [0.1, 0.15) is 4.90 Å². The summed E-state index contributed by atoms with van der Waals surface area (Å²) in [4.78, 5) is 11.5. The summed E-state index contributed by atoms with van der Waals surface area (Å²) in [5.41, 5.74) is 0. The van der Waals surface area contributed by atoms with Crippen LogP contribution >= 0.6 is 11.3 Å². The van der Waals surface area contributed by atoms with Crippen LogP contribution in [0.2, 0.25) is 0 Å². The van der Waals surface area contributed by atoms with Gasteiger partial charge in [0.05, 0.1) is 5.92 Å². The molecule has 1 fully saturated rings. The smallest absolute Gasteiger partial charge is 0.307 e. The molecule has 0 amide bonds. The van der Waals surface area contributed by atoms with Crippen LogP contribution in [0.25, 0.3) is 10.1 Å². The molecule has 1 saturated heterocycles. The maximum atomic E-state index is 13.0. The quantitative estimate of drug-likeness (QED) is 0.933. The lowest BCUT2D eigenvalue weighted by Crippen LogP contribution is -2.47. The molecule has 1 aromatic heterocycles. The average Bonchev–Trinajstić information content (AvgIpc) is 2.91. The zero-order chi connectivity index (χ0) is 15.9. The number of hydrogen-bond donors (Lipinski definition) is 1. The number of sulfonamides is 1. The van der Waals surface area contributed by atoms with Crippen LogP contribution in [-0.2, 0) is 14.8 Å².